The molecule has 0 unspecified atom stereocenters. The summed E-state index contributed by atoms with van der Waals surface area (Å²) < 4.78 is 0. The molecule has 2 N–H and O–H groups in total. The summed E-state index contributed by atoms with van der Waals surface area (Å²) in [6.07, 6.45) is 6.71. The lowest BCUT2D eigenvalue weighted by Gasteiger charge is -2.10. The minimum Gasteiger partial charge on any atom is -0.507 e. The van der Waals surface area contributed by atoms with Gasteiger partial charge in [-0.05, 0) is 70.2 Å². The predicted molar refractivity (Wildman–Crippen MR) is 111 cm³/mol. The predicted octanol–water partition coefficient (Wildman–Crippen LogP) is 6.20. The maximum Gasteiger partial charge on any atom is 0.159 e. The van der Waals surface area contributed by atoms with Crippen LogP contribution in [0.4, 0.5) is 0 Å². The quantitative estimate of drug-likeness (QED) is 0.454. The third-order valence-electron chi connectivity index (χ3n) is 4.57. The van der Waals surface area contributed by atoms with Gasteiger partial charge in [0.05, 0.1) is 0 Å². The van der Waals surface area contributed by atoms with Crippen LogP contribution >= 0.6 is 0 Å². The van der Waals surface area contributed by atoms with Crippen molar-refractivity contribution in [3.63, 3.8) is 0 Å². The fourth-order valence-electron chi connectivity index (χ4n) is 2.88. The van der Waals surface area contributed by atoms with Gasteiger partial charge in [0.25, 0.3) is 0 Å². The third-order valence-corrected chi connectivity index (χ3v) is 4.57. The highest BCUT2D eigenvalue weighted by atomic mass is 16.3. The van der Waals surface area contributed by atoms with Crippen molar-refractivity contribution in [3.05, 3.63) is 70.8 Å². The first-order chi connectivity index (χ1) is 12.8. The first-order valence-electron chi connectivity index (χ1n) is 9.23. The summed E-state index contributed by atoms with van der Waals surface area (Å²) in [6.45, 7) is 7.77. The molecule has 0 spiro atoms. The number of carbonyl (C=O) groups excluding carboxylic acids is 1. The van der Waals surface area contributed by atoms with Crippen LogP contribution in [0.3, 0.4) is 0 Å². The Kier molecular flexibility index (Phi) is 7.00. The number of Topliss-reactive ketones (excluding diaryl/α,β-unsaturated/α-hetero) is 1. The summed E-state index contributed by atoms with van der Waals surface area (Å²) in [6, 6.07) is 10.4. The largest absolute Gasteiger partial charge is 0.507 e. The van der Waals surface area contributed by atoms with E-state index in [-0.39, 0.29) is 17.3 Å². The normalized spacial score (nSPS) is 11.3. The van der Waals surface area contributed by atoms with Crippen molar-refractivity contribution < 1.29 is 15.0 Å². The Hall–Kier alpha value is -2.81. The number of phenols is 2. The Balaban J connectivity index is 2.16. The molecule has 27 heavy (non-hydrogen) atoms. The van der Waals surface area contributed by atoms with Gasteiger partial charge in [0.2, 0.25) is 0 Å². The van der Waals surface area contributed by atoms with Crippen molar-refractivity contribution in [1.82, 2.24) is 0 Å². The zero-order valence-electron chi connectivity index (χ0n) is 16.5. The number of hydrogen-bond acceptors (Lipinski definition) is 3. The highest BCUT2D eigenvalue weighted by Gasteiger charge is 2.11. The van der Waals surface area contributed by atoms with E-state index in [0.29, 0.717) is 23.1 Å². The van der Waals surface area contributed by atoms with Gasteiger partial charge in [-0.1, -0.05) is 47.6 Å². The van der Waals surface area contributed by atoms with Gasteiger partial charge in [-0.25, -0.2) is 0 Å². The van der Waals surface area contributed by atoms with E-state index in [1.165, 1.54) is 18.1 Å². The highest BCUT2D eigenvalue weighted by molar-refractivity contribution is 5.94. The van der Waals surface area contributed by atoms with E-state index in [4.69, 9.17) is 0 Å². The summed E-state index contributed by atoms with van der Waals surface area (Å²) in [7, 11) is 0. The number of allylic oxidation sites excluding steroid dienone is 4. The minimum absolute atomic E-state index is 0.00865. The molecular formula is C24H28O3. The Morgan fingerprint density at radius 1 is 0.889 bits per heavy atom. The van der Waals surface area contributed by atoms with E-state index in [9.17, 15) is 15.0 Å². The lowest BCUT2D eigenvalue weighted by Crippen LogP contribution is -1.91. The zero-order chi connectivity index (χ0) is 20.0. The second-order valence-corrected chi connectivity index (χ2v) is 7.20. The van der Waals surface area contributed by atoms with Gasteiger partial charge in [0.15, 0.2) is 5.78 Å². The molecule has 0 saturated heterocycles. The van der Waals surface area contributed by atoms with Crippen LogP contribution in [-0.2, 0) is 6.42 Å². The fourth-order valence-corrected chi connectivity index (χ4v) is 2.88. The van der Waals surface area contributed by atoms with Crippen LogP contribution < -0.4 is 0 Å². The average molecular weight is 364 g/mol. The molecule has 0 aliphatic rings. The molecule has 0 aromatic heterocycles. The van der Waals surface area contributed by atoms with Crippen LogP contribution in [0, 0.1) is 0 Å². The van der Waals surface area contributed by atoms with E-state index in [1.54, 1.807) is 24.3 Å². The SMILES string of the molecule is CC(=O)c1ccc(-c2cc(O)c(C/C=C(\C)CCC=C(C)C)c(O)c2)cc1. The summed E-state index contributed by atoms with van der Waals surface area (Å²) >= 11 is 0. The highest BCUT2D eigenvalue weighted by Crippen LogP contribution is 2.34. The zero-order valence-corrected chi connectivity index (χ0v) is 16.5. The molecule has 0 amide bonds. The second kappa shape index (κ2) is 9.22. The molecule has 0 saturated carbocycles. The lowest BCUT2D eigenvalue weighted by atomic mass is 9.98. The molecule has 142 valence electrons. The molecule has 2 aromatic carbocycles. The van der Waals surface area contributed by atoms with Crippen LogP contribution in [0.5, 0.6) is 11.5 Å². The summed E-state index contributed by atoms with van der Waals surface area (Å²) in [4.78, 5) is 11.4. The van der Waals surface area contributed by atoms with Crippen LogP contribution in [0.2, 0.25) is 0 Å². The number of benzene rings is 2. The van der Waals surface area contributed by atoms with Crippen molar-refractivity contribution >= 4 is 5.78 Å². The molecule has 0 aliphatic heterocycles. The topological polar surface area (TPSA) is 57.5 Å². The molecule has 0 bridgehead atoms. The van der Waals surface area contributed by atoms with Crippen molar-refractivity contribution in [2.75, 3.05) is 0 Å². The van der Waals surface area contributed by atoms with Gasteiger partial charge in [-0.15, -0.1) is 0 Å². The van der Waals surface area contributed by atoms with E-state index in [1.807, 2.05) is 12.1 Å². The molecular weight excluding hydrogens is 336 g/mol. The van der Waals surface area contributed by atoms with Crippen molar-refractivity contribution in [3.8, 4) is 22.6 Å². The maximum atomic E-state index is 11.4. The summed E-state index contributed by atoms with van der Waals surface area (Å²) in [5, 5.41) is 20.8. The number of phenolic OH excluding ortho intramolecular Hbond substituents is 2. The van der Waals surface area contributed by atoms with E-state index >= 15 is 0 Å². The van der Waals surface area contributed by atoms with Crippen LogP contribution in [-0.4, -0.2) is 16.0 Å². The fraction of sp³-hybridized carbons (Fsp3) is 0.292. The lowest BCUT2D eigenvalue weighted by molar-refractivity contribution is 0.101. The molecule has 0 heterocycles. The van der Waals surface area contributed by atoms with Crippen molar-refractivity contribution in [2.24, 2.45) is 0 Å². The van der Waals surface area contributed by atoms with Gasteiger partial charge in [0.1, 0.15) is 11.5 Å². The molecule has 0 atom stereocenters. The molecule has 0 fully saturated rings. The van der Waals surface area contributed by atoms with E-state index in [2.05, 4.69) is 32.9 Å². The van der Waals surface area contributed by atoms with Gasteiger partial charge in [0, 0.05) is 11.1 Å². The van der Waals surface area contributed by atoms with Gasteiger partial charge in [-0.2, -0.15) is 0 Å². The maximum absolute atomic E-state index is 11.4. The number of carbonyl (C=O) groups is 1. The molecule has 2 aromatic rings. The van der Waals surface area contributed by atoms with Crippen LogP contribution in [0.15, 0.2) is 59.7 Å². The Morgan fingerprint density at radius 2 is 1.48 bits per heavy atom. The van der Waals surface area contributed by atoms with E-state index in [0.717, 1.165) is 18.4 Å². The molecule has 2 rings (SSSR count). The number of aromatic hydroxyl groups is 2. The smallest absolute Gasteiger partial charge is 0.159 e. The number of rotatable bonds is 7. The summed E-state index contributed by atoms with van der Waals surface area (Å²) in [5.74, 6) is 0.164. The number of hydrogen-bond donors (Lipinski definition) is 2. The molecule has 3 heteroatoms. The second-order valence-electron chi connectivity index (χ2n) is 7.20. The monoisotopic (exact) mass is 364 g/mol. The Labute approximate surface area is 161 Å². The van der Waals surface area contributed by atoms with Crippen molar-refractivity contribution in [2.45, 2.75) is 47.0 Å². The van der Waals surface area contributed by atoms with Crippen LogP contribution in [0.25, 0.3) is 11.1 Å². The Bertz CT molecular complexity index is 844. The molecule has 3 nitrogen and oxygen atoms in total. The Morgan fingerprint density at radius 3 is 2.00 bits per heavy atom. The molecule has 0 radical (unpaired) electrons. The first kappa shape index (κ1) is 20.5. The van der Waals surface area contributed by atoms with Crippen molar-refractivity contribution in [1.29, 1.82) is 0 Å². The van der Waals surface area contributed by atoms with Crippen LogP contribution in [0.1, 0.15) is 56.5 Å². The molecule has 0 aliphatic carbocycles. The average Bonchev–Trinajstić information content (AvgIpc) is 2.60. The third kappa shape index (κ3) is 5.85. The van der Waals surface area contributed by atoms with E-state index < -0.39 is 0 Å². The minimum atomic E-state index is 0.00865. The van der Waals surface area contributed by atoms with Gasteiger partial charge in [-0.3, -0.25) is 4.79 Å². The number of ketones is 1. The summed E-state index contributed by atoms with van der Waals surface area (Å²) in [5.41, 5.74) is 5.26. The van der Waals surface area contributed by atoms with Gasteiger partial charge < -0.3 is 10.2 Å². The van der Waals surface area contributed by atoms with Gasteiger partial charge >= 0.3 is 0 Å². The first-order valence-corrected chi connectivity index (χ1v) is 9.23. The standard InChI is InChI=1S/C24H28O3/c1-16(2)6-5-7-17(3)8-13-22-23(26)14-21(15-24(22)27)20-11-9-19(10-12-20)18(4)25/h6,8-12,14-15,26-27H,5,7,13H2,1-4H3/b17-8+.